The third-order valence-electron chi connectivity index (χ3n) is 3.73. The van der Waals surface area contributed by atoms with E-state index in [2.05, 4.69) is 82.1 Å². The first kappa shape index (κ1) is 15.0. The van der Waals surface area contributed by atoms with E-state index in [0.29, 0.717) is 5.92 Å². The highest BCUT2D eigenvalue weighted by molar-refractivity contribution is 5.61. The second-order valence-electron chi connectivity index (χ2n) is 7.99. The zero-order chi connectivity index (χ0) is 15.3. The quantitative estimate of drug-likeness (QED) is 0.725. The molecule has 0 aliphatic heterocycles. The standard InChI is InChI=1S/C17H28N3/c1-12(2)13-11-19(17(6,7)8)20-15(13)14(9-10-18-20)16(3,4)5/h9-12H,1-8H3/q+1. The normalized spacial score (nSPS) is 13.4. The molecule has 0 saturated carbocycles. The lowest BCUT2D eigenvalue weighted by Gasteiger charge is -2.20. The van der Waals surface area contributed by atoms with Crippen molar-refractivity contribution in [3.8, 4) is 0 Å². The largest absolute Gasteiger partial charge is 0.166 e. The van der Waals surface area contributed by atoms with Crippen LogP contribution in [0.2, 0.25) is 0 Å². The van der Waals surface area contributed by atoms with Gasteiger partial charge in [-0.15, -0.1) is 0 Å². The average Bonchev–Trinajstić information content (AvgIpc) is 2.65. The van der Waals surface area contributed by atoms with Crippen molar-refractivity contribution in [3.05, 3.63) is 29.6 Å². The molecule has 0 aliphatic rings. The Labute approximate surface area is 122 Å². The topological polar surface area (TPSA) is 21.2 Å². The second kappa shape index (κ2) is 4.57. The molecular weight excluding hydrogens is 246 g/mol. The van der Waals surface area contributed by atoms with Gasteiger partial charge in [-0.2, -0.15) is 4.68 Å². The maximum absolute atomic E-state index is 4.60. The fraction of sp³-hybridized carbons (Fsp3) is 0.647. The van der Waals surface area contributed by atoms with Gasteiger partial charge in [-0.05, 0) is 48.4 Å². The van der Waals surface area contributed by atoms with Gasteiger partial charge in [0.1, 0.15) is 17.3 Å². The van der Waals surface area contributed by atoms with E-state index in [9.17, 15) is 0 Å². The molecule has 0 aromatic carbocycles. The molecule has 0 bridgehead atoms. The highest BCUT2D eigenvalue weighted by Gasteiger charge is 2.30. The van der Waals surface area contributed by atoms with Gasteiger partial charge < -0.3 is 0 Å². The second-order valence-corrected chi connectivity index (χ2v) is 7.99. The first-order valence-electron chi connectivity index (χ1n) is 7.47. The number of nitrogens with zero attached hydrogens (tertiary/aromatic N) is 3. The fourth-order valence-corrected chi connectivity index (χ4v) is 2.60. The van der Waals surface area contributed by atoms with Crippen molar-refractivity contribution >= 4 is 5.52 Å². The molecule has 0 atom stereocenters. The first-order valence-corrected chi connectivity index (χ1v) is 7.47. The molecule has 2 aromatic rings. The summed E-state index contributed by atoms with van der Waals surface area (Å²) in [5.41, 5.74) is 4.13. The van der Waals surface area contributed by atoms with Crippen LogP contribution in [0.15, 0.2) is 18.5 Å². The summed E-state index contributed by atoms with van der Waals surface area (Å²) in [6.45, 7) is 17.9. The predicted octanol–water partition coefficient (Wildman–Crippen LogP) is 3.80. The zero-order valence-corrected chi connectivity index (χ0v) is 14.2. The van der Waals surface area contributed by atoms with Crippen molar-refractivity contribution in [2.75, 3.05) is 0 Å². The van der Waals surface area contributed by atoms with Gasteiger partial charge in [0.15, 0.2) is 6.20 Å². The maximum atomic E-state index is 4.60. The summed E-state index contributed by atoms with van der Waals surface area (Å²) in [5.74, 6) is 0.485. The molecule has 0 radical (unpaired) electrons. The summed E-state index contributed by atoms with van der Waals surface area (Å²) in [4.78, 5) is 0. The van der Waals surface area contributed by atoms with Crippen molar-refractivity contribution in [3.63, 3.8) is 0 Å². The molecule has 3 heteroatoms. The minimum atomic E-state index is 0.0135. The zero-order valence-electron chi connectivity index (χ0n) is 14.2. The summed E-state index contributed by atoms with van der Waals surface area (Å²) in [6.07, 6.45) is 4.18. The van der Waals surface area contributed by atoms with Crippen LogP contribution < -0.4 is 4.68 Å². The number of hydrogen-bond donors (Lipinski definition) is 0. The van der Waals surface area contributed by atoms with Crippen molar-refractivity contribution < 1.29 is 4.68 Å². The Bertz CT molecular complexity index is 622. The lowest BCUT2D eigenvalue weighted by atomic mass is 9.85. The molecule has 2 aromatic heterocycles. The molecular formula is C17H28N3+. The molecule has 0 fully saturated rings. The summed E-state index contributed by atoms with van der Waals surface area (Å²) in [7, 11) is 0. The first-order chi connectivity index (χ1) is 9.03. The van der Waals surface area contributed by atoms with Crippen LogP contribution in [0.3, 0.4) is 0 Å². The predicted molar refractivity (Wildman–Crippen MR) is 83.2 cm³/mol. The highest BCUT2D eigenvalue weighted by atomic mass is 15.5. The van der Waals surface area contributed by atoms with Crippen LogP contribution >= 0.6 is 0 Å². The van der Waals surface area contributed by atoms with E-state index < -0.39 is 0 Å². The van der Waals surface area contributed by atoms with E-state index in [1.165, 1.54) is 16.6 Å². The Kier molecular flexibility index (Phi) is 3.43. The third-order valence-corrected chi connectivity index (χ3v) is 3.73. The molecule has 0 saturated heterocycles. The fourth-order valence-electron chi connectivity index (χ4n) is 2.60. The SMILES string of the molecule is CC(C)c1c[n+](C(C)(C)C)n2nccc(C(C)(C)C)c12. The Morgan fingerprint density at radius 1 is 1.10 bits per heavy atom. The van der Waals surface area contributed by atoms with Crippen molar-refractivity contribution in [2.45, 2.75) is 72.3 Å². The van der Waals surface area contributed by atoms with E-state index in [-0.39, 0.29) is 11.0 Å². The van der Waals surface area contributed by atoms with Gasteiger partial charge in [-0.25, -0.2) is 0 Å². The van der Waals surface area contributed by atoms with Crippen LogP contribution in [0.4, 0.5) is 0 Å². The summed E-state index contributed by atoms with van der Waals surface area (Å²) >= 11 is 0. The molecule has 2 rings (SSSR count). The minimum Gasteiger partial charge on any atom is -0.154 e. The molecule has 20 heavy (non-hydrogen) atoms. The van der Waals surface area contributed by atoms with Gasteiger partial charge in [0, 0.05) is 10.7 Å². The molecule has 0 aliphatic carbocycles. The van der Waals surface area contributed by atoms with Gasteiger partial charge in [0.2, 0.25) is 0 Å². The van der Waals surface area contributed by atoms with Crippen LogP contribution in [0.1, 0.15) is 72.4 Å². The van der Waals surface area contributed by atoms with E-state index in [1.807, 2.05) is 6.20 Å². The van der Waals surface area contributed by atoms with Crippen LogP contribution in [0, 0.1) is 0 Å². The number of aromatic nitrogens is 3. The lowest BCUT2D eigenvalue weighted by molar-refractivity contribution is -0.816. The van der Waals surface area contributed by atoms with Crippen LogP contribution in [-0.2, 0) is 11.0 Å². The van der Waals surface area contributed by atoms with Crippen LogP contribution in [0.25, 0.3) is 5.52 Å². The Morgan fingerprint density at radius 3 is 2.15 bits per heavy atom. The van der Waals surface area contributed by atoms with Gasteiger partial charge in [-0.1, -0.05) is 34.6 Å². The number of rotatable bonds is 1. The Morgan fingerprint density at radius 2 is 1.70 bits per heavy atom. The lowest BCUT2D eigenvalue weighted by Crippen LogP contribution is -2.54. The smallest absolute Gasteiger partial charge is 0.154 e. The van der Waals surface area contributed by atoms with Crippen LogP contribution in [-0.4, -0.2) is 9.73 Å². The van der Waals surface area contributed by atoms with E-state index in [4.69, 9.17) is 0 Å². The van der Waals surface area contributed by atoms with E-state index in [0.717, 1.165) is 0 Å². The van der Waals surface area contributed by atoms with Gasteiger partial charge in [-0.3, -0.25) is 0 Å². The summed E-state index contributed by atoms with van der Waals surface area (Å²) in [5, 5.41) is 4.60. The number of hydrogen-bond acceptors (Lipinski definition) is 1. The van der Waals surface area contributed by atoms with E-state index >= 15 is 0 Å². The van der Waals surface area contributed by atoms with Crippen LogP contribution in [0.5, 0.6) is 0 Å². The monoisotopic (exact) mass is 274 g/mol. The van der Waals surface area contributed by atoms with Crippen molar-refractivity contribution in [2.24, 2.45) is 0 Å². The van der Waals surface area contributed by atoms with Gasteiger partial charge in [0.25, 0.3) is 0 Å². The average molecular weight is 274 g/mol. The molecule has 3 nitrogen and oxygen atoms in total. The molecule has 0 unspecified atom stereocenters. The van der Waals surface area contributed by atoms with Gasteiger partial charge in [0.05, 0.1) is 0 Å². The molecule has 0 spiro atoms. The summed E-state index contributed by atoms with van der Waals surface area (Å²) in [6, 6.07) is 2.16. The third kappa shape index (κ3) is 2.46. The molecule has 0 N–H and O–H groups in total. The van der Waals surface area contributed by atoms with Gasteiger partial charge >= 0.3 is 0 Å². The van der Waals surface area contributed by atoms with E-state index in [1.54, 1.807) is 0 Å². The van der Waals surface area contributed by atoms with Crippen molar-refractivity contribution in [1.82, 2.24) is 9.73 Å². The number of fused-ring (bicyclic) bond motifs is 1. The minimum absolute atomic E-state index is 0.0135. The Hall–Kier alpha value is -1.38. The maximum Gasteiger partial charge on any atom is 0.166 e. The van der Waals surface area contributed by atoms with Crippen molar-refractivity contribution in [1.29, 1.82) is 0 Å². The highest BCUT2D eigenvalue weighted by Crippen LogP contribution is 2.31. The molecule has 2 heterocycles. The summed E-state index contributed by atoms with van der Waals surface area (Å²) < 4.78 is 4.32. The molecule has 110 valence electrons. The Balaban J connectivity index is 2.91. The molecule has 0 amide bonds.